The van der Waals surface area contributed by atoms with Crippen LogP contribution in [0.3, 0.4) is 0 Å². The van der Waals surface area contributed by atoms with Crippen molar-refractivity contribution in [2.45, 2.75) is 0 Å². The van der Waals surface area contributed by atoms with E-state index in [0.717, 1.165) is 5.56 Å². The average Bonchev–Trinajstić information content (AvgIpc) is 2.15. The lowest BCUT2D eigenvalue weighted by Gasteiger charge is -2.03. The standard InChI is InChI=1S/C10H10ClNO/c1-13-10-5-4-8(3-2-6-11)7-9(10)12/h4-5,7H,6,12H2,1H3. The minimum absolute atomic E-state index is 0.325. The van der Waals surface area contributed by atoms with Crippen LogP contribution in [0.4, 0.5) is 5.69 Å². The number of nitrogen functional groups attached to an aromatic ring is 1. The zero-order valence-corrected chi connectivity index (χ0v) is 8.06. The summed E-state index contributed by atoms with van der Waals surface area (Å²) in [4.78, 5) is 0. The summed E-state index contributed by atoms with van der Waals surface area (Å²) in [7, 11) is 1.58. The number of benzene rings is 1. The second-order valence-corrected chi connectivity index (χ2v) is 2.66. The molecule has 0 amide bonds. The number of nitrogens with two attached hydrogens (primary N) is 1. The van der Waals surface area contributed by atoms with E-state index in [1.54, 1.807) is 19.2 Å². The Morgan fingerprint density at radius 3 is 2.85 bits per heavy atom. The number of hydrogen-bond acceptors (Lipinski definition) is 2. The van der Waals surface area contributed by atoms with Crippen LogP contribution >= 0.6 is 11.6 Å². The summed E-state index contributed by atoms with van der Waals surface area (Å²) in [5, 5.41) is 0. The molecule has 1 aromatic carbocycles. The highest BCUT2D eigenvalue weighted by atomic mass is 35.5. The molecule has 0 bridgehead atoms. The van der Waals surface area contributed by atoms with E-state index >= 15 is 0 Å². The van der Waals surface area contributed by atoms with Gasteiger partial charge >= 0.3 is 0 Å². The third kappa shape index (κ3) is 2.57. The van der Waals surface area contributed by atoms with Crippen LogP contribution in [0.2, 0.25) is 0 Å². The maximum Gasteiger partial charge on any atom is 0.141 e. The lowest BCUT2D eigenvalue weighted by molar-refractivity contribution is 0.417. The summed E-state index contributed by atoms with van der Waals surface area (Å²) in [6.45, 7) is 0. The molecule has 1 rings (SSSR count). The summed E-state index contributed by atoms with van der Waals surface area (Å²) < 4.78 is 5.01. The Morgan fingerprint density at radius 1 is 1.54 bits per heavy atom. The molecule has 0 saturated heterocycles. The number of ether oxygens (including phenoxy) is 1. The van der Waals surface area contributed by atoms with Gasteiger partial charge in [-0.25, -0.2) is 0 Å². The van der Waals surface area contributed by atoms with Gasteiger partial charge in [0.05, 0.1) is 18.7 Å². The Labute approximate surface area is 82.6 Å². The Balaban J connectivity index is 2.96. The van der Waals surface area contributed by atoms with Crippen LogP contribution < -0.4 is 10.5 Å². The largest absolute Gasteiger partial charge is 0.495 e. The van der Waals surface area contributed by atoms with Gasteiger partial charge in [-0.1, -0.05) is 11.8 Å². The van der Waals surface area contributed by atoms with Gasteiger partial charge in [0.1, 0.15) is 5.75 Å². The van der Waals surface area contributed by atoms with Crippen molar-refractivity contribution in [3.8, 4) is 17.6 Å². The second kappa shape index (κ2) is 4.64. The molecule has 68 valence electrons. The summed E-state index contributed by atoms with van der Waals surface area (Å²) in [5.74, 6) is 6.61. The fourth-order valence-electron chi connectivity index (χ4n) is 0.948. The molecule has 0 spiro atoms. The molecular formula is C10H10ClNO. The highest BCUT2D eigenvalue weighted by Gasteiger charge is 1.97. The van der Waals surface area contributed by atoms with Gasteiger partial charge in [0.2, 0.25) is 0 Å². The van der Waals surface area contributed by atoms with Gasteiger partial charge in [0.15, 0.2) is 0 Å². The third-order valence-electron chi connectivity index (χ3n) is 1.53. The molecule has 0 saturated carbocycles. The van der Waals surface area contributed by atoms with Crippen molar-refractivity contribution in [3.63, 3.8) is 0 Å². The number of alkyl halides is 1. The van der Waals surface area contributed by atoms with Crippen molar-refractivity contribution < 1.29 is 4.74 Å². The van der Waals surface area contributed by atoms with Gasteiger partial charge in [-0.15, -0.1) is 11.6 Å². The maximum atomic E-state index is 5.68. The Bertz CT molecular complexity index is 352. The zero-order valence-electron chi connectivity index (χ0n) is 7.30. The fourth-order valence-corrected chi connectivity index (χ4v) is 1.01. The van der Waals surface area contributed by atoms with Gasteiger partial charge in [-0.2, -0.15) is 0 Å². The highest BCUT2D eigenvalue weighted by molar-refractivity contribution is 6.19. The quantitative estimate of drug-likeness (QED) is 0.422. The normalized spacial score (nSPS) is 8.77. The molecule has 0 aromatic heterocycles. The van der Waals surface area contributed by atoms with E-state index in [1.165, 1.54) is 0 Å². The van der Waals surface area contributed by atoms with Crippen LogP contribution in [0.5, 0.6) is 5.75 Å². The Hall–Kier alpha value is -1.33. The molecule has 0 radical (unpaired) electrons. The number of hydrogen-bond donors (Lipinski definition) is 1. The average molecular weight is 196 g/mol. The minimum Gasteiger partial charge on any atom is -0.495 e. The maximum absolute atomic E-state index is 5.68. The molecule has 0 unspecified atom stereocenters. The van der Waals surface area contributed by atoms with Gasteiger partial charge in [-0.05, 0) is 18.2 Å². The highest BCUT2D eigenvalue weighted by Crippen LogP contribution is 2.21. The SMILES string of the molecule is COc1ccc(C#CCCl)cc1N. The van der Waals surface area contributed by atoms with E-state index in [-0.39, 0.29) is 0 Å². The van der Waals surface area contributed by atoms with E-state index < -0.39 is 0 Å². The predicted octanol–water partition coefficient (Wildman–Crippen LogP) is 1.87. The molecule has 0 aliphatic rings. The fraction of sp³-hybridized carbons (Fsp3) is 0.200. The van der Waals surface area contributed by atoms with Crippen LogP contribution in [-0.2, 0) is 0 Å². The summed E-state index contributed by atoms with van der Waals surface area (Å²) >= 11 is 5.42. The minimum atomic E-state index is 0.325. The molecule has 0 fully saturated rings. The zero-order chi connectivity index (χ0) is 9.68. The van der Waals surface area contributed by atoms with Crippen molar-refractivity contribution in [2.75, 3.05) is 18.7 Å². The number of methoxy groups -OCH3 is 1. The van der Waals surface area contributed by atoms with Crippen molar-refractivity contribution in [1.82, 2.24) is 0 Å². The van der Waals surface area contributed by atoms with Crippen molar-refractivity contribution in [1.29, 1.82) is 0 Å². The van der Waals surface area contributed by atoms with E-state index in [4.69, 9.17) is 22.1 Å². The third-order valence-corrected chi connectivity index (χ3v) is 1.66. The number of anilines is 1. The summed E-state index contributed by atoms with van der Waals surface area (Å²) in [6, 6.07) is 5.39. The Kier molecular flexibility index (Phi) is 3.48. The monoisotopic (exact) mass is 195 g/mol. The van der Waals surface area contributed by atoms with Crippen molar-refractivity contribution in [3.05, 3.63) is 23.8 Å². The lowest BCUT2D eigenvalue weighted by Crippen LogP contribution is -1.92. The molecule has 2 nitrogen and oxygen atoms in total. The van der Waals surface area contributed by atoms with E-state index in [1.807, 2.05) is 6.07 Å². The summed E-state index contributed by atoms with van der Waals surface area (Å²) in [6.07, 6.45) is 0. The molecule has 0 aliphatic heterocycles. The van der Waals surface area contributed by atoms with Crippen molar-refractivity contribution in [2.24, 2.45) is 0 Å². The van der Waals surface area contributed by atoms with Gasteiger partial charge < -0.3 is 10.5 Å². The molecule has 0 heterocycles. The first-order valence-electron chi connectivity index (χ1n) is 3.76. The smallest absolute Gasteiger partial charge is 0.141 e. The van der Waals surface area contributed by atoms with Crippen LogP contribution in [0.1, 0.15) is 5.56 Å². The molecular weight excluding hydrogens is 186 g/mol. The Morgan fingerprint density at radius 2 is 2.31 bits per heavy atom. The molecule has 1 aromatic rings. The molecule has 3 heteroatoms. The van der Waals surface area contributed by atoms with Gasteiger partial charge in [0, 0.05) is 5.56 Å². The number of rotatable bonds is 1. The predicted molar refractivity (Wildman–Crippen MR) is 55.0 cm³/mol. The van der Waals surface area contributed by atoms with Gasteiger partial charge in [0.25, 0.3) is 0 Å². The molecule has 0 atom stereocenters. The van der Waals surface area contributed by atoms with Crippen LogP contribution in [0.15, 0.2) is 18.2 Å². The lowest BCUT2D eigenvalue weighted by atomic mass is 10.2. The van der Waals surface area contributed by atoms with Gasteiger partial charge in [-0.3, -0.25) is 0 Å². The topological polar surface area (TPSA) is 35.2 Å². The van der Waals surface area contributed by atoms with Crippen molar-refractivity contribution >= 4 is 17.3 Å². The first-order valence-corrected chi connectivity index (χ1v) is 4.29. The second-order valence-electron chi connectivity index (χ2n) is 2.39. The molecule has 2 N–H and O–H groups in total. The summed E-state index contributed by atoms with van der Waals surface area (Å²) in [5.41, 5.74) is 7.11. The van der Waals surface area contributed by atoms with E-state index in [0.29, 0.717) is 17.3 Å². The number of halogens is 1. The van der Waals surface area contributed by atoms with Crippen LogP contribution in [0, 0.1) is 11.8 Å². The first kappa shape index (κ1) is 9.76. The van der Waals surface area contributed by atoms with Crippen LogP contribution in [0.25, 0.3) is 0 Å². The van der Waals surface area contributed by atoms with E-state index in [2.05, 4.69) is 11.8 Å². The van der Waals surface area contributed by atoms with Crippen LogP contribution in [-0.4, -0.2) is 13.0 Å². The molecule has 0 aliphatic carbocycles. The van der Waals surface area contributed by atoms with E-state index in [9.17, 15) is 0 Å². The first-order chi connectivity index (χ1) is 6.27. The molecule has 13 heavy (non-hydrogen) atoms.